The molecule has 0 spiro atoms. The first kappa shape index (κ1) is 13.2. The van der Waals surface area contributed by atoms with Crippen LogP contribution in [0, 0.1) is 0 Å². The van der Waals surface area contributed by atoms with Gasteiger partial charge in [0.1, 0.15) is 6.42 Å². The van der Waals surface area contributed by atoms with Gasteiger partial charge in [-0.15, -0.1) is 6.58 Å². The molecule has 94 valence electrons. The average molecular weight is 239 g/mol. The summed E-state index contributed by atoms with van der Waals surface area (Å²) in [5.74, 6) is -0.496. The smallest absolute Gasteiger partial charge is 0.232 e. The van der Waals surface area contributed by atoms with Crippen LogP contribution in [0.4, 0.5) is 0 Å². The van der Waals surface area contributed by atoms with Crippen LogP contribution in [0.1, 0.15) is 6.42 Å². The average Bonchev–Trinajstić information content (AvgIpc) is 2.36. The molecular formula is C11H17N3O3. The molecule has 6 nitrogen and oxygen atoms in total. The van der Waals surface area contributed by atoms with Crippen molar-refractivity contribution in [2.75, 3.05) is 32.7 Å². The van der Waals surface area contributed by atoms with Crippen LogP contribution in [0.5, 0.6) is 0 Å². The molecule has 0 radical (unpaired) electrons. The largest absolute Gasteiger partial charge is 0.352 e. The number of piperazine rings is 1. The van der Waals surface area contributed by atoms with Crippen molar-refractivity contribution in [2.45, 2.75) is 6.42 Å². The highest BCUT2D eigenvalue weighted by Crippen LogP contribution is 2.01. The van der Waals surface area contributed by atoms with Gasteiger partial charge in [-0.2, -0.15) is 0 Å². The molecular weight excluding hydrogens is 222 g/mol. The highest BCUT2D eigenvalue weighted by atomic mass is 16.2. The Morgan fingerprint density at radius 1 is 1.24 bits per heavy atom. The van der Waals surface area contributed by atoms with Crippen LogP contribution < -0.4 is 5.32 Å². The van der Waals surface area contributed by atoms with E-state index in [1.165, 1.54) is 0 Å². The molecule has 0 aliphatic carbocycles. The van der Waals surface area contributed by atoms with E-state index in [4.69, 9.17) is 0 Å². The van der Waals surface area contributed by atoms with Crippen LogP contribution in [0.15, 0.2) is 12.7 Å². The van der Waals surface area contributed by atoms with Crippen LogP contribution in [-0.2, 0) is 14.4 Å². The maximum absolute atomic E-state index is 11.7. The van der Waals surface area contributed by atoms with E-state index in [0.717, 1.165) is 6.41 Å². The summed E-state index contributed by atoms with van der Waals surface area (Å²) >= 11 is 0. The SMILES string of the molecule is C=CCNC(=O)CC(=O)N1CCN(C=O)CC1. The molecule has 1 rings (SSSR count). The molecule has 1 heterocycles. The molecule has 0 saturated carbocycles. The van der Waals surface area contributed by atoms with E-state index in [0.29, 0.717) is 32.7 Å². The first-order valence-corrected chi connectivity index (χ1v) is 5.52. The normalized spacial score (nSPS) is 15.3. The van der Waals surface area contributed by atoms with Crippen LogP contribution >= 0.6 is 0 Å². The summed E-state index contributed by atoms with van der Waals surface area (Å²) in [6.07, 6.45) is 2.19. The summed E-state index contributed by atoms with van der Waals surface area (Å²) in [5, 5.41) is 2.55. The van der Waals surface area contributed by atoms with Gasteiger partial charge in [0.05, 0.1) is 0 Å². The van der Waals surface area contributed by atoms with Gasteiger partial charge in [0.15, 0.2) is 0 Å². The number of nitrogens with one attached hydrogen (secondary N) is 1. The number of carbonyl (C=O) groups excluding carboxylic acids is 3. The molecule has 0 bridgehead atoms. The molecule has 1 saturated heterocycles. The summed E-state index contributed by atoms with van der Waals surface area (Å²) in [4.78, 5) is 36.7. The van der Waals surface area contributed by atoms with E-state index in [-0.39, 0.29) is 18.2 Å². The summed E-state index contributed by atoms with van der Waals surface area (Å²) in [7, 11) is 0. The van der Waals surface area contributed by atoms with Crippen molar-refractivity contribution in [3.8, 4) is 0 Å². The molecule has 0 aromatic rings. The van der Waals surface area contributed by atoms with Gasteiger partial charge in [-0.05, 0) is 0 Å². The lowest BCUT2D eigenvalue weighted by Gasteiger charge is -2.32. The van der Waals surface area contributed by atoms with Crippen LogP contribution in [-0.4, -0.2) is 60.7 Å². The Morgan fingerprint density at radius 3 is 2.41 bits per heavy atom. The van der Waals surface area contributed by atoms with Crippen molar-refractivity contribution in [1.29, 1.82) is 0 Å². The Balaban J connectivity index is 2.31. The molecule has 1 aliphatic rings. The second kappa shape index (κ2) is 6.67. The van der Waals surface area contributed by atoms with Crippen molar-refractivity contribution in [2.24, 2.45) is 0 Å². The number of hydrogen-bond acceptors (Lipinski definition) is 3. The molecule has 0 atom stereocenters. The second-order valence-electron chi connectivity index (χ2n) is 3.79. The molecule has 1 fully saturated rings. The molecule has 6 heteroatoms. The Bertz CT molecular complexity index is 309. The van der Waals surface area contributed by atoms with E-state index in [1.807, 2.05) is 0 Å². The highest BCUT2D eigenvalue weighted by Gasteiger charge is 2.21. The van der Waals surface area contributed by atoms with Gasteiger partial charge in [-0.3, -0.25) is 14.4 Å². The first-order valence-electron chi connectivity index (χ1n) is 5.52. The van der Waals surface area contributed by atoms with Crippen LogP contribution in [0.25, 0.3) is 0 Å². The monoisotopic (exact) mass is 239 g/mol. The molecule has 1 N–H and O–H groups in total. The van der Waals surface area contributed by atoms with Crippen LogP contribution in [0.3, 0.4) is 0 Å². The van der Waals surface area contributed by atoms with Crippen molar-refractivity contribution in [3.05, 3.63) is 12.7 Å². The molecule has 0 unspecified atom stereocenters. The van der Waals surface area contributed by atoms with Gasteiger partial charge in [-0.1, -0.05) is 6.08 Å². The molecule has 1 aliphatic heterocycles. The standard InChI is InChI=1S/C11H17N3O3/c1-2-3-12-10(16)8-11(17)14-6-4-13(9-15)5-7-14/h2,9H,1,3-8H2,(H,12,16). The van der Waals surface area contributed by atoms with E-state index in [9.17, 15) is 14.4 Å². The Hall–Kier alpha value is -1.85. The summed E-state index contributed by atoms with van der Waals surface area (Å²) < 4.78 is 0. The minimum absolute atomic E-state index is 0.144. The summed E-state index contributed by atoms with van der Waals surface area (Å²) in [5.41, 5.74) is 0. The third-order valence-corrected chi connectivity index (χ3v) is 2.57. The third-order valence-electron chi connectivity index (χ3n) is 2.57. The Morgan fingerprint density at radius 2 is 1.88 bits per heavy atom. The lowest BCUT2D eigenvalue weighted by molar-refractivity contribution is -0.138. The van der Waals surface area contributed by atoms with Gasteiger partial charge in [-0.25, -0.2) is 0 Å². The number of carbonyl (C=O) groups is 3. The minimum Gasteiger partial charge on any atom is -0.352 e. The van der Waals surface area contributed by atoms with Crippen molar-refractivity contribution >= 4 is 18.2 Å². The predicted octanol–water partition coefficient (Wildman–Crippen LogP) is -1.02. The number of amides is 3. The lowest BCUT2D eigenvalue weighted by atomic mass is 10.3. The Labute approximate surface area is 100 Å². The number of rotatable bonds is 5. The summed E-state index contributed by atoms with van der Waals surface area (Å²) in [6, 6.07) is 0. The number of nitrogens with zero attached hydrogens (tertiary/aromatic N) is 2. The van der Waals surface area contributed by atoms with E-state index in [2.05, 4.69) is 11.9 Å². The van der Waals surface area contributed by atoms with E-state index < -0.39 is 0 Å². The predicted molar refractivity (Wildman–Crippen MR) is 62.0 cm³/mol. The fraction of sp³-hybridized carbons (Fsp3) is 0.545. The van der Waals surface area contributed by atoms with Crippen molar-refractivity contribution < 1.29 is 14.4 Å². The topological polar surface area (TPSA) is 69.7 Å². The van der Waals surface area contributed by atoms with Crippen molar-refractivity contribution in [3.63, 3.8) is 0 Å². The fourth-order valence-electron chi connectivity index (χ4n) is 1.57. The van der Waals surface area contributed by atoms with Crippen LogP contribution in [0.2, 0.25) is 0 Å². The highest BCUT2D eigenvalue weighted by molar-refractivity contribution is 5.97. The van der Waals surface area contributed by atoms with E-state index >= 15 is 0 Å². The van der Waals surface area contributed by atoms with Gasteiger partial charge >= 0.3 is 0 Å². The number of hydrogen-bond donors (Lipinski definition) is 1. The molecule has 17 heavy (non-hydrogen) atoms. The Kier molecular flexibility index (Phi) is 5.19. The maximum atomic E-state index is 11.7. The molecule has 3 amide bonds. The zero-order valence-electron chi connectivity index (χ0n) is 9.72. The van der Waals surface area contributed by atoms with Gasteiger partial charge in [0, 0.05) is 32.7 Å². The van der Waals surface area contributed by atoms with Crippen molar-refractivity contribution in [1.82, 2.24) is 15.1 Å². The van der Waals surface area contributed by atoms with Gasteiger partial charge in [0.2, 0.25) is 18.2 Å². The first-order chi connectivity index (χ1) is 8.17. The van der Waals surface area contributed by atoms with Gasteiger partial charge in [0.25, 0.3) is 0 Å². The summed E-state index contributed by atoms with van der Waals surface area (Å²) in [6.45, 7) is 5.88. The lowest BCUT2D eigenvalue weighted by Crippen LogP contribution is -2.49. The fourth-order valence-corrected chi connectivity index (χ4v) is 1.57. The van der Waals surface area contributed by atoms with Gasteiger partial charge < -0.3 is 15.1 Å². The molecule has 0 aromatic heterocycles. The quantitative estimate of drug-likeness (QED) is 0.379. The molecule has 0 aromatic carbocycles. The third kappa shape index (κ3) is 4.26. The second-order valence-corrected chi connectivity index (χ2v) is 3.79. The zero-order chi connectivity index (χ0) is 12.7. The van der Waals surface area contributed by atoms with E-state index in [1.54, 1.807) is 15.9 Å². The minimum atomic E-state index is -0.298. The zero-order valence-corrected chi connectivity index (χ0v) is 9.72. The maximum Gasteiger partial charge on any atom is 0.232 e.